The standard InChI is InChI=1S/C18H17NS/c1-13-5-4-8-16(12-19)18(13)20-17-10-9-14-6-2-3-7-15(14)11-17/h2-11H,12,19H2,1H3. The van der Waals surface area contributed by atoms with Gasteiger partial charge >= 0.3 is 0 Å². The van der Waals surface area contributed by atoms with Crippen molar-refractivity contribution in [3.05, 3.63) is 71.8 Å². The average Bonchev–Trinajstić information content (AvgIpc) is 2.49. The van der Waals surface area contributed by atoms with E-state index in [1.54, 1.807) is 11.8 Å². The first-order valence-electron chi connectivity index (χ1n) is 6.73. The second-order valence-corrected chi connectivity index (χ2v) is 5.96. The minimum absolute atomic E-state index is 0.581. The Morgan fingerprint density at radius 2 is 1.70 bits per heavy atom. The van der Waals surface area contributed by atoms with Crippen molar-refractivity contribution < 1.29 is 0 Å². The Morgan fingerprint density at radius 3 is 2.50 bits per heavy atom. The molecule has 0 spiro atoms. The van der Waals surface area contributed by atoms with Gasteiger partial charge < -0.3 is 5.73 Å². The van der Waals surface area contributed by atoms with Crippen molar-refractivity contribution in [2.45, 2.75) is 23.3 Å². The van der Waals surface area contributed by atoms with E-state index < -0.39 is 0 Å². The Balaban J connectivity index is 2.01. The summed E-state index contributed by atoms with van der Waals surface area (Å²) in [6.07, 6.45) is 0. The van der Waals surface area contributed by atoms with E-state index in [4.69, 9.17) is 5.73 Å². The van der Waals surface area contributed by atoms with Crippen LogP contribution < -0.4 is 5.73 Å². The number of nitrogens with two attached hydrogens (primary N) is 1. The van der Waals surface area contributed by atoms with E-state index in [1.807, 2.05) is 0 Å². The van der Waals surface area contributed by atoms with Crippen LogP contribution in [-0.4, -0.2) is 0 Å². The highest BCUT2D eigenvalue weighted by Crippen LogP contribution is 2.34. The van der Waals surface area contributed by atoms with E-state index in [1.165, 1.54) is 31.7 Å². The maximum absolute atomic E-state index is 5.85. The smallest absolute Gasteiger partial charge is 0.0196 e. The van der Waals surface area contributed by atoms with E-state index in [0.29, 0.717) is 6.54 Å². The van der Waals surface area contributed by atoms with Gasteiger partial charge in [0.1, 0.15) is 0 Å². The van der Waals surface area contributed by atoms with Crippen LogP contribution in [0, 0.1) is 6.92 Å². The molecule has 0 aliphatic carbocycles. The predicted octanol–water partition coefficient (Wildman–Crippen LogP) is 4.76. The van der Waals surface area contributed by atoms with Gasteiger partial charge in [0.25, 0.3) is 0 Å². The Hall–Kier alpha value is -1.77. The molecular weight excluding hydrogens is 262 g/mol. The van der Waals surface area contributed by atoms with Gasteiger partial charge in [0, 0.05) is 16.3 Å². The molecule has 0 unspecified atom stereocenters. The first kappa shape index (κ1) is 13.2. The number of aryl methyl sites for hydroxylation is 1. The van der Waals surface area contributed by atoms with Crippen LogP contribution in [0.3, 0.4) is 0 Å². The third-order valence-corrected chi connectivity index (χ3v) is 4.73. The summed E-state index contributed by atoms with van der Waals surface area (Å²) in [5, 5.41) is 2.56. The normalized spacial score (nSPS) is 10.9. The molecule has 0 saturated heterocycles. The van der Waals surface area contributed by atoms with Crippen LogP contribution in [0.15, 0.2) is 70.5 Å². The van der Waals surface area contributed by atoms with Crippen LogP contribution in [-0.2, 0) is 6.54 Å². The second kappa shape index (κ2) is 5.70. The topological polar surface area (TPSA) is 26.0 Å². The van der Waals surface area contributed by atoms with Crippen molar-refractivity contribution in [1.82, 2.24) is 0 Å². The van der Waals surface area contributed by atoms with Crippen molar-refractivity contribution in [1.29, 1.82) is 0 Å². The molecule has 3 aromatic rings. The summed E-state index contributed by atoms with van der Waals surface area (Å²) in [5.74, 6) is 0. The first-order valence-corrected chi connectivity index (χ1v) is 7.55. The molecule has 3 aromatic carbocycles. The maximum Gasteiger partial charge on any atom is 0.0196 e. The zero-order valence-electron chi connectivity index (χ0n) is 11.5. The van der Waals surface area contributed by atoms with Gasteiger partial charge in [-0.2, -0.15) is 0 Å². The lowest BCUT2D eigenvalue weighted by molar-refractivity contribution is 1.01. The van der Waals surface area contributed by atoms with E-state index in [-0.39, 0.29) is 0 Å². The Kier molecular flexibility index (Phi) is 3.77. The van der Waals surface area contributed by atoms with Crippen LogP contribution in [0.5, 0.6) is 0 Å². The van der Waals surface area contributed by atoms with Crippen molar-refractivity contribution >= 4 is 22.5 Å². The highest BCUT2D eigenvalue weighted by Gasteiger charge is 2.07. The molecule has 2 heteroatoms. The summed E-state index contributed by atoms with van der Waals surface area (Å²) in [4.78, 5) is 2.54. The second-order valence-electron chi connectivity index (χ2n) is 4.88. The molecule has 0 aromatic heterocycles. The van der Waals surface area contributed by atoms with Crippen LogP contribution in [0.1, 0.15) is 11.1 Å². The molecule has 0 aliphatic heterocycles. The summed E-state index contributed by atoms with van der Waals surface area (Å²) in [7, 11) is 0. The van der Waals surface area contributed by atoms with Crippen LogP contribution >= 0.6 is 11.8 Å². The quantitative estimate of drug-likeness (QED) is 0.748. The zero-order chi connectivity index (χ0) is 13.9. The van der Waals surface area contributed by atoms with Gasteiger partial charge in [0.2, 0.25) is 0 Å². The molecule has 0 amide bonds. The van der Waals surface area contributed by atoms with E-state index in [9.17, 15) is 0 Å². The van der Waals surface area contributed by atoms with Gasteiger partial charge in [-0.3, -0.25) is 0 Å². The number of rotatable bonds is 3. The molecule has 0 aliphatic rings. The number of hydrogen-bond donors (Lipinski definition) is 1. The van der Waals surface area contributed by atoms with Gasteiger partial charge in [0.15, 0.2) is 0 Å². The number of benzene rings is 3. The molecule has 3 rings (SSSR count). The van der Waals surface area contributed by atoms with Gasteiger partial charge in [-0.05, 0) is 41.0 Å². The number of hydrogen-bond acceptors (Lipinski definition) is 2. The molecule has 100 valence electrons. The van der Waals surface area contributed by atoms with Gasteiger partial charge in [0.05, 0.1) is 0 Å². The van der Waals surface area contributed by atoms with Crippen LogP contribution in [0.25, 0.3) is 10.8 Å². The Labute approximate surface area is 123 Å². The SMILES string of the molecule is Cc1cccc(CN)c1Sc1ccc2ccccc2c1. The van der Waals surface area contributed by atoms with E-state index in [0.717, 1.165) is 0 Å². The molecule has 0 fully saturated rings. The molecule has 0 bridgehead atoms. The molecule has 0 heterocycles. The lowest BCUT2D eigenvalue weighted by atomic mass is 10.1. The van der Waals surface area contributed by atoms with Crippen LogP contribution in [0.2, 0.25) is 0 Å². The minimum Gasteiger partial charge on any atom is -0.326 e. The minimum atomic E-state index is 0.581. The van der Waals surface area contributed by atoms with Gasteiger partial charge in [-0.25, -0.2) is 0 Å². The van der Waals surface area contributed by atoms with E-state index in [2.05, 4.69) is 67.6 Å². The summed E-state index contributed by atoms with van der Waals surface area (Å²) < 4.78 is 0. The maximum atomic E-state index is 5.85. The summed E-state index contributed by atoms with van der Waals surface area (Å²) >= 11 is 1.80. The molecule has 20 heavy (non-hydrogen) atoms. The van der Waals surface area contributed by atoms with Gasteiger partial charge in [-0.15, -0.1) is 0 Å². The first-order chi connectivity index (χ1) is 9.78. The summed E-state index contributed by atoms with van der Waals surface area (Å²) in [6.45, 7) is 2.72. The third kappa shape index (κ3) is 2.58. The fourth-order valence-electron chi connectivity index (χ4n) is 2.37. The highest BCUT2D eigenvalue weighted by atomic mass is 32.2. The molecule has 2 N–H and O–H groups in total. The monoisotopic (exact) mass is 279 g/mol. The van der Waals surface area contributed by atoms with Crippen molar-refractivity contribution in [2.24, 2.45) is 5.73 Å². The fraction of sp³-hybridized carbons (Fsp3) is 0.111. The predicted molar refractivity (Wildman–Crippen MR) is 87.1 cm³/mol. The molecule has 1 nitrogen and oxygen atoms in total. The van der Waals surface area contributed by atoms with Crippen molar-refractivity contribution in [3.63, 3.8) is 0 Å². The number of fused-ring (bicyclic) bond motifs is 1. The average molecular weight is 279 g/mol. The third-order valence-electron chi connectivity index (χ3n) is 3.45. The summed E-state index contributed by atoms with van der Waals surface area (Å²) in [6, 6.07) is 21.4. The van der Waals surface area contributed by atoms with E-state index >= 15 is 0 Å². The largest absolute Gasteiger partial charge is 0.326 e. The molecular formula is C18H17NS. The Bertz CT molecular complexity index is 749. The fourth-order valence-corrected chi connectivity index (χ4v) is 3.44. The highest BCUT2D eigenvalue weighted by molar-refractivity contribution is 7.99. The Morgan fingerprint density at radius 1 is 0.900 bits per heavy atom. The van der Waals surface area contributed by atoms with Crippen molar-refractivity contribution in [2.75, 3.05) is 0 Å². The lowest BCUT2D eigenvalue weighted by Crippen LogP contribution is -1.99. The molecule has 0 atom stereocenters. The summed E-state index contributed by atoms with van der Waals surface area (Å²) in [5.41, 5.74) is 8.35. The van der Waals surface area contributed by atoms with Crippen molar-refractivity contribution in [3.8, 4) is 0 Å². The van der Waals surface area contributed by atoms with Gasteiger partial charge in [-0.1, -0.05) is 60.3 Å². The lowest BCUT2D eigenvalue weighted by Gasteiger charge is -2.11. The van der Waals surface area contributed by atoms with Crippen LogP contribution in [0.4, 0.5) is 0 Å². The molecule has 0 saturated carbocycles. The zero-order valence-corrected chi connectivity index (χ0v) is 12.3. The molecule has 0 radical (unpaired) electrons.